The molecule has 4 nitrogen and oxygen atoms in total. The van der Waals surface area contributed by atoms with Gasteiger partial charge in [0.05, 0.1) is 10.0 Å². The zero-order chi connectivity index (χ0) is 14.0. The number of carbonyl (C=O) groups is 1. The maximum Gasteiger partial charge on any atom is 0.337 e. The summed E-state index contributed by atoms with van der Waals surface area (Å²) in [7, 11) is 0. The predicted molar refractivity (Wildman–Crippen MR) is 78.1 cm³/mol. The third-order valence-electron chi connectivity index (χ3n) is 2.57. The molecule has 0 saturated carbocycles. The first-order valence-corrected chi connectivity index (χ1v) is 6.49. The summed E-state index contributed by atoms with van der Waals surface area (Å²) in [5.41, 5.74) is 3.38. The first kappa shape index (κ1) is 13.5. The molecule has 2 rings (SSSR count). The van der Waals surface area contributed by atoms with E-state index in [4.69, 9.17) is 5.11 Å². The molecule has 5 heteroatoms. The Morgan fingerprint density at radius 3 is 2.37 bits per heavy atom. The van der Waals surface area contributed by atoms with Crippen molar-refractivity contribution in [1.82, 2.24) is 4.98 Å². The largest absolute Gasteiger partial charge is 0.478 e. The number of carboxylic acids is 1. The average molecular weight is 321 g/mol. The average Bonchev–Trinajstić information content (AvgIpc) is 2.30. The second-order valence-electron chi connectivity index (χ2n) is 4.36. The Labute approximate surface area is 119 Å². The molecule has 0 spiro atoms. The molecule has 0 aliphatic heterocycles. The highest BCUT2D eigenvalue weighted by molar-refractivity contribution is 9.10. The molecule has 1 heterocycles. The van der Waals surface area contributed by atoms with Crippen LogP contribution in [0.3, 0.4) is 0 Å². The van der Waals surface area contributed by atoms with Crippen LogP contribution in [0.2, 0.25) is 0 Å². The van der Waals surface area contributed by atoms with E-state index >= 15 is 0 Å². The zero-order valence-corrected chi connectivity index (χ0v) is 12.2. The SMILES string of the molecule is Cc1cc(C)cc(Nc2ncc(C(=O)O)cc2Br)c1. The maximum absolute atomic E-state index is 10.8. The van der Waals surface area contributed by atoms with Gasteiger partial charge in [0.1, 0.15) is 5.82 Å². The number of nitrogens with zero attached hydrogens (tertiary/aromatic N) is 1. The Balaban J connectivity index is 2.30. The van der Waals surface area contributed by atoms with Crippen LogP contribution in [0.25, 0.3) is 0 Å². The monoisotopic (exact) mass is 320 g/mol. The number of carboxylic acid groups (broad SMARTS) is 1. The number of pyridine rings is 1. The molecular formula is C14H13BrN2O2. The van der Waals surface area contributed by atoms with Gasteiger partial charge in [0.15, 0.2) is 0 Å². The normalized spacial score (nSPS) is 10.3. The summed E-state index contributed by atoms with van der Waals surface area (Å²) >= 11 is 3.32. The van der Waals surface area contributed by atoms with Crippen LogP contribution < -0.4 is 5.32 Å². The molecular weight excluding hydrogens is 308 g/mol. The fraction of sp³-hybridized carbons (Fsp3) is 0.143. The molecule has 0 radical (unpaired) electrons. The van der Waals surface area contributed by atoms with Gasteiger partial charge in [0, 0.05) is 11.9 Å². The van der Waals surface area contributed by atoms with E-state index < -0.39 is 5.97 Å². The molecule has 2 aromatic rings. The molecule has 0 aliphatic rings. The highest BCUT2D eigenvalue weighted by Crippen LogP contribution is 2.25. The third kappa shape index (κ3) is 3.32. The summed E-state index contributed by atoms with van der Waals surface area (Å²) in [6.07, 6.45) is 1.33. The highest BCUT2D eigenvalue weighted by Gasteiger charge is 2.08. The van der Waals surface area contributed by atoms with E-state index in [0.717, 1.165) is 16.8 Å². The van der Waals surface area contributed by atoms with E-state index in [-0.39, 0.29) is 5.56 Å². The number of rotatable bonds is 3. The van der Waals surface area contributed by atoms with Crippen molar-refractivity contribution in [1.29, 1.82) is 0 Å². The fourth-order valence-corrected chi connectivity index (χ4v) is 2.28. The van der Waals surface area contributed by atoms with Crippen LogP contribution in [0.15, 0.2) is 34.9 Å². The number of hydrogen-bond acceptors (Lipinski definition) is 3. The van der Waals surface area contributed by atoms with E-state index in [2.05, 4.69) is 32.3 Å². The number of halogens is 1. The smallest absolute Gasteiger partial charge is 0.337 e. The van der Waals surface area contributed by atoms with Crippen LogP contribution in [-0.2, 0) is 0 Å². The van der Waals surface area contributed by atoms with Gasteiger partial charge in [-0.1, -0.05) is 6.07 Å². The van der Waals surface area contributed by atoms with Crippen LogP contribution in [-0.4, -0.2) is 16.1 Å². The number of nitrogens with one attached hydrogen (secondary N) is 1. The van der Waals surface area contributed by atoms with E-state index in [9.17, 15) is 4.79 Å². The first-order chi connectivity index (χ1) is 8.95. The molecule has 19 heavy (non-hydrogen) atoms. The van der Waals surface area contributed by atoms with Gasteiger partial charge in [-0.25, -0.2) is 9.78 Å². The number of anilines is 2. The Hall–Kier alpha value is -1.88. The number of benzene rings is 1. The highest BCUT2D eigenvalue weighted by atomic mass is 79.9. The lowest BCUT2D eigenvalue weighted by Gasteiger charge is -2.10. The van der Waals surface area contributed by atoms with Crippen molar-refractivity contribution < 1.29 is 9.90 Å². The maximum atomic E-state index is 10.8. The quantitative estimate of drug-likeness (QED) is 0.900. The van der Waals surface area contributed by atoms with E-state index in [1.165, 1.54) is 12.3 Å². The van der Waals surface area contributed by atoms with Crippen LogP contribution >= 0.6 is 15.9 Å². The molecule has 0 fully saturated rings. The van der Waals surface area contributed by atoms with Gasteiger partial charge in [-0.05, 0) is 59.1 Å². The lowest BCUT2D eigenvalue weighted by atomic mass is 10.1. The molecule has 1 aromatic heterocycles. The van der Waals surface area contributed by atoms with Gasteiger partial charge in [-0.15, -0.1) is 0 Å². The molecule has 1 aromatic carbocycles. The number of aromatic nitrogens is 1. The van der Waals surface area contributed by atoms with Crippen LogP contribution in [0.1, 0.15) is 21.5 Å². The van der Waals surface area contributed by atoms with Crippen molar-refractivity contribution in [2.24, 2.45) is 0 Å². The Morgan fingerprint density at radius 2 is 1.84 bits per heavy atom. The summed E-state index contributed by atoms with van der Waals surface area (Å²) < 4.78 is 0.617. The lowest BCUT2D eigenvalue weighted by molar-refractivity contribution is 0.0696. The Morgan fingerprint density at radius 1 is 1.21 bits per heavy atom. The van der Waals surface area contributed by atoms with Gasteiger partial charge in [-0.3, -0.25) is 0 Å². The summed E-state index contributed by atoms with van der Waals surface area (Å²) in [5, 5.41) is 12.1. The second kappa shape index (κ2) is 5.40. The summed E-state index contributed by atoms with van der Waals surface area (Å²) in [6.45, 7) is 4.04. The molecule has 98 valence electrons. The van der Waals surface area contributed by atoms with Crippen molar-refractivity contribution in [2.75, 3.05) is 5.32 Å². The predicted octanol–water partition coefficient (Wildman–Crippen LogP) is 3.90. The van der Waals surface area contributed by atoms with Crippen LogP contribution in [0.4, 0.5) is 11.5 Å². The zero-order valence-electron chi connectivity index (χ0n) is 10.6. The van der Waals surface area contributed by atoms with Crippen LogP contribution in [0, 0.1) is 13.8 Å². The molecule has 0 atom stereocenters. The Kier molecular flexibility index (Phi) is 3.85. The number of aromatic carboxylic acids is 1. The molecule has 0 amide bonds. The van der Waals surface area contributed by atoms with Gasteiger partial charge in [0.25, 0.3) is 0 Å². The van der Waals surface area contributed by atoms with E-state index in [0.29, 0.717) is 10.3 Å². The fourth-order valence-electron chi connectivity index (χ4n) is 1.83. The standard InChI is InChI=1S/C14H13BrN2O2/c1-8-3-9(2)5-11(4-8)17-13-12(15)6-10(7-16-13)14(18)19/h3-7H,1-2H3,(H,16,17)(H,18,19). The molecule has 0 saturated heterocycles. The van der Waals surface area contributed by atoms with Crippen LogP contribution in [0.5, 0.6) is 0 Å². The van der Waals surface area contributed by atoms with Crippen molar-refractivity contribution in [3.63, 3.8) is 0 Å². The van der Waals surface area contributed by atoms with Gasteiger partial charge in [0.2, 0.25) is 0 Å². The number of hydrogen-bond donors (Lipinski definition) is 2. The third-order valence-corrected chi connectivity index (χ3v) is 3.18. The Bertz CT molecular complexity index is 621. The number of aryl methyl sites for hydroxylation is 2. The molecule has 2 N–H and O–H groups in total. The first-order valence-electron chi connectivity index (χ1n) is 5.70. The van der Waals surface area contributed by atoms with Crippen molar-refractivity contribution >= 4 is 33.4 Å². The van der Waals surface area contributed by atoms with Crippen molar-refractivity contribution in [3.8, 4) is 0 Å². The van der Waals surface area contributed by atoms with Gasteiger partial charge in [-0.2, -0.15) is 0 Å². The molecule has 0 bridgehead atoms. The minimum Gasteiger partial charge on any atom is -0.478 e. The van der Waals surface area contributed by atoms with E-state index in [1.54, 1.807) is 0 Å². The minimum absolute atomic E-state index is 0.151. The molecule has 0 aliphatic carbocycles. The second-order valence-corrected chi connectivity index (χ2v) is 5.22. The lowest BCUT2D eigenvalue weighted by Crippen LogP contribution is -2.01. The summed E-state index contributed by atoms with van der Waals surface area (Å²) in [4.78, 5) is 14.9. The van der Waals surface area contributed by atoms with E-state index in [1.807, 2.05) is 26.0 Å². The molecule has 0 unspecified atom stereocenters. The van der Waals surface area contributed by atoms with Gasteiger partial charge < -0.3 is 10.4 Å². The topological polar surface area (TPSA) is 62.2 Å². The summed E-state index contributed by atoms with van der Waals surface area (Å²) in [6, 6.07) is 7.62. The van der Waals surface area contributed by atoms with Crippen molar-refractivity contribution in [2.45, 2.75) is 13.8 Å². The minimum atomic E-state index is -0.994. The van der Waals surface area contributed by atoms with Crippen molar-refractivity contribution in [3.05, 3.63) is 51.6 Å². The summed E-state index contributed by atoms with van der Waals surface area (Å²) in [5.74, 6) is -0.402. The van der Waals surface area contributed by atoms with Gasteiger partial charge >= 0.3 is 5.97 Å².